The summed E-state index contributed by atoms with van der Waals surface area (Å²) in [4.78, 5) is 0. The summed E-state index contributed by atoms with van der Waals surface area (Å²) in [5, 5.41) is 0.643. The summed E-state index contributed by atoms with van der Waals surface area (Å²) < 4.78 is 0. The van der Waals surface area contributed by atoms with E-state index >= 15 is 0 Å². The molecular formula is C10H24Na2S2. The second-order valence-electron chi connectivity index (χ2n) is 3.37. The van der Waals surface area contributed by atoms with Crippen molar-refractivity contribution in [2.45, 2.75) is 57.1 Å². The van der Waals surface area contributed by atoms with E-state index in [1.54, 1.807) is 0 Å². The molecule has 0 heterocycles. The van der Waals surface area contributed by atoms with E-state index in [2.05, 4.69) is 32.2 Å². The molecule has 0 fully saturated rings. The van der Waals surface area contributed by atoms with E-state index in [1.165, 1.54) is 44.9 Å². The zero-order chi connectivity index (χ0) is 9.23. The fourth-order valence-corrected chi connectivity index (χ4v) is 1.84. The Bertz CT molecular complexity index is 101. The maximum atomic E-state index is 4.55. The van der Waals surface area contributed by atoms with Crippen LogP contribution in [0.5, 0.6) is 0 Å². The maximum Gasteiger partial charge on any atom is 1.00 e. The average Bonchev–Trinajstić information content (AvgIpc) is 2.09. The van der Waals surface area contributed by atoms with Crippen molar-refractivity contribution in [2.75, 3.05) is 5.75 Å². The Balaban J connectivity index is -0.000000101. The van der Waals surface area contributed by atoms with Crippen molar-refractivity contribution in [2.24, 2.45) is 0 Å². The molecule has 1 atom stereocenters. The molecule has 0 nitrogen and oxygen atoms in total. The van der Waals surface area contributed by atoms with Crippen LogP contribution in [0.2, 0.25) is 0 Å². The Morgan fingerprint density at radius 3 is 2.07 bits per heavy atom. The Labute approximate surface area is 148 Å². The van der Waals surface area contributed by atoms with Crippen LogP contribution in [0.15, 0.2) is 0 Å². The smallest absolute Gasteiger partial charge is 1.00 e. The Kier molecular flexibility index (Phi) is 28.3. The van der Waals surface area contributed by atoms with Gasteiger partial charge in [-0.3, -0.25) is 0 Å². The topological polar surface area (TPSA) is 0 Å². The van der Waals surface area contributed by atoms with Gasteiger partial charge in [-0.05, 0) is 25.0 Å². The second kappa shape index (κ2) is 18.1. The number of thiol groups is 2. The zero-order valence-electron chi connectivity index (χ0n) is 12.1. The van der Waals surface area contributed by atoms with Gasteiger partial charge in [0.25, 0.3) is 0 Å². The van der Waals surface area contributed by atoms with Gasteiger partial charge in [0, 0.05) is 5.25 Å². The fourth-order valence-electron chi connectivity index (χ4n) is 1.25. The summed E-state index contributed by atoms with van der Waals surface area (Å²) >= 11 is 8.73. The summed E-state index contributed by atoms with van der Waals surface area (Å²) in [6, 6.07) is 0. The molecule has 0 aliphatic carbocycles. The van der Waals surface area contributed by atoms with Crippen LogP contribution in [0.1, 0.15) is 54.7 Å². The number of rotatable bonds is 8. The molecule has 0 rings (SSSR count). The van der Waals surface area contributed by atoms with Crippen molar-refractivity contribution in [3.05, 3.63) is 0 Å². The molecule has 14 heavy (non-hydrogen) atoms. The van der Waals surface area contributed by atoms with Gasteiger partial charge in [-0.1, -0.05) is 32.6 Å². The normalized spacial score (nSPS) is 11.4. The molecule has 0 bridgehead atoms. The first-order valence-electron chi connectivity index (χ1n) is 5.10. The zero-order valence-corrected chi connectivity index (χ0v) is 15.9. The molecule has 0 aromatic heterocycles. The van der Waals surface area contributed by atoms with Gasteiger partial charge in [0.05, 0.1) is 0 Å². The summed E-state index contributed by atoms with van der Waals surface area (Å²) in [5.41, 5.74) is 0. The van der Waals surface area contributed by atoms with Crippen LogP contribution in [0.25, 0.3) is 0 Å². The van der Waals surface area contributed by atoms with Gasteiger partial charge in [0.15, 0.2) is 0 Å². The third-order valence-electron chi connectivity index (χ3n) is 2.09. The van der Waals surface area contributed by atoms with Crippen LogP contribution in [0.3, 0.4) is 0 Å². The van der Waals surface area contributed by atoms with Gasteiger partial charge in [0.2, 0.25) is 0 Å². The van der Waals surface area contributed by atoms with E-state index in [0.717, 1.165) is 5.75 Å². The Morgan fingerprint density at radius 2 is 1.57 bits per heavy atom. The predicted octanol–water partition coefficient (Wildman–Crippen LogP) is -1.80. The molecule has 0 saturated carbocycles. The van der Waals surface area contributed by atoms with Gasteiger partial charge >= 0.3 is 59.1 Å². The first-order valence-corrected chi connectivity index (χ1v) is 6.25. The summed E-state index contributed by atoms with van der Waals surface area (Å²) in [6.45, 7) is 2.24. The fraction of sp³-hybridized carbons (Fsp3) is 1.00. The number of unbranched alkanes of at least 4 members (excludes halogenated alkanes) is 3. The van der Waals surface area contributed by atoms with Crippen molar-refractivity contribution < 1.29 is 62.0 Å². The molecule has 0 aliphatic rings. The van der Waals surface area contributed by atoms with E-state index in [1.807, 2.05) is 0 Å². The summed E-state index contributed by atoms with van der Waals surface area (Å²) in [5.74, 6) is 1.03. The van der Waals surface area contributed by atoms with Crippen LogP contribution >= 0.6 is 25.3 Å². The third kappa shape index (κ3) is 17.1. The third-order valence-corrected chi connectivity index (χ3v) is 2.92. The van der Waals surface area contributed by atoms with E-state index in [0.29, 0.717) is 5.25 Å². The molecule has 0 saturated heterocycles. The monoisotopic (exact) mass is 254 g/mol. The van der Waals surface area contributed by atoms with E-state index in [4.69, 9.17) is 0 Å². The summed E-state index contributed by atoms with van der Waals surface area (Å²) in [6.07, 6.45) is 9.13. The minimum Gasteiger partial charge on any atom is -1.00 e. The van der Waals surface area contributed by atoms with Gasteiger partial charge in [-0.25, -0.2) is 0 Å². The molecule has 0 amide bonds. The maximum absolute atomic E-state index is 4.55. The SMILES string of the molecule is CCCCC(S)CCCCCS.[H-].[H-].[Na+].[Na+]. The molecule has 0 spiro atoms. The molecular weight excluding hydrogens is 230 g/mol. The predicted molar refractivity (Wildman–Crippen MR) is 66.8 cm³/mol. The van der Waals surface area contributed by atoms with Gasteiger partial charge < -0.3 is 2.85 Å². The molecule has 0 aromatic carbocycles. The average molecular weight is 254 g/mol. The first kappa shape index (κ1) is 21.9. The standard InChI is InChI=1S/C10H22S2.2Na.2H/c1-2-3-7-10(12)8-5-4-6-9-11;;;;/h10-12H,2-9H2,1H3;;;;/q;2*+1;2*-1. The van der Waals surface area contributed by atoms with Gasteiger partial charge in [-0.15, -0.1) is 0 Å². The van der Waals surface area contributed by atoms with E-state index < -0.39 is 0 Å². The van der Waals surface area contributed by atoms with Crippen molar-refractivity contribution in [1.82, 2.24) is 0 Å². The van der Waals surface area contributed by atoms with Crippen molar-refractivity contribution in [3.8, 4) is 0 Å². The molecule has 0 radical (unpaired) electrons. The summed E-state index contributed by atoms with van der Waals surface area (Å²) in [7, 11) is 0. The number of hydrogen-bond donors (Lipinski definition) is 2. The van der Waals surface area contributed by atoms with Crippen LogP contribution in [0.4, 0.5) is 0 Å². The van der Waals surface area contributed by atoms with E-state index in [9.17, 15) is 0 Å². The molecule has 0 aliphatic heterocycles. The minimum absolute atomic E-state index is 0. The van der Waals surface area contributed by atoms with Crippen LogP contribution in [-0.2, 0) is 0 Å². The number of hydrogen-bond acceptors (Lipinski definition) is 2. The van der Waals surface area contributed by atoms with E-state index in [-0.39, 0.29) is 62.0 Å². The van der Waals surface area contributed by atoms with Gasteiger partial charge in [-0.2, -0.15) is 25.3 Å². The van der Waals surface area contributed by atoms with Crippen LogP contribution in [0, 0.1) is 0 Å². The van der Waals surface area contributed by atoms with Crippen molar-refractivity contribution >= 4 is 25.3 Å². The van der Waals surface area contributed by atoms with Crippen LogP contribution < -0.4 is 59.1 Å². The second-order valence-corrected chi connectivity index (χ2v) is 4.55. The molecule has 1 unspecified atom stereocenters. The minimum atomic E-state index is 0. The molecule has 0 aromatic rings. The molecule has 4 heteroatoms. The first-order chi connectivity index (χ1) is 5.81. The molecule has 0 N–H and O–H groups in total. The quantitative estimate of drug-likeness (QED) is 0.285. The largest absolute Gasteiger partial charge is 1.00 e. The van der Waals surface area contributed by atoms with Crippen molar-refractivity contribution in [1.29, 1.82) is 0 Å². The van der Waals surface area contributed by atoms with Crippen LogP contribution in [-0.4, -0.2) is 11.0 Å². The molecule has 78 valence electrons. The Morgan fingerprint density at radius 1 is 1.00 bits per heavy atom. The van der Waals surface area contributed by atoms with Crippen molar-refractivity contribution in [3.63, 3.8) is 0 Å². The Hall–Kier alpha value is 2.70. The van der Waals surface area contributed by atoms with Gasteiger partial charge in [0.1, 0.15) is 0 Å².